The Bertz CT molecular complexity index is 495. The first kappa shape index (κ1) is 14.3. The Kier molecular flexibility index (Phi) is 4.79. The van der Waals surface area contributed by atoms with E-state index in [0.717, 1.165) is 25.7 Å². The molecule has 0 unspecified atom stereocenters. The summed E-state index contributed by atoms with van der Waals surface area (Å²) in [5.74, 6) is 0.663. The number of rotatable bonds is 7. The Labute approximate surface area is 114 Å². The number of ether oxygens (including phenoxy) is 1. The summed E-state index contributed by atoms with van der Waals surface area (Å²) in [4.78, 5) is 0.283. The molecular formula is C13H20N2O3S. The van der Waals surface area contributed by atoms with Gasteiger partial charge < -0.3 is 10.5 Å². The predicted molar refractivity (Wildman–Crippen MR) is 73.6 cm³/mol. The zero-order valence-electron chi connectivity index (χ0n) is 10.8. The molecule has 3 N–H and O–H groups in total. The number of hydrogen-bond acceptors (Lipinski definition) is 4. The van der Waals surface area contributed by atoms with Gasteiger partial charge in [0.15, 0.2) is 0 Å². The maximum atomic E-state index is 12.0. The minimum atomic E-state index is -3.39. The highest BCUT2D eigenvalue weighted by Crippen LogP contribution is 2.22. The molecule has 6 heteroatoms. The van der Waals surface area contributed by atoms with Gasteiger partial charge in [0, 0.05) is 6.04 Å². The molecule has 1 aliphatic rings. The largest absolute Gasteiger partial charge is 0.494 e. The average molecular weight is 284 g/mol. The molecule has 0 atom stereocenters. The second kappa shape index (κ2) is 6.36. The maximum absolute atomic E-state index is 12.0. The quantitative estimate of drug-likeness (QED) is 0.738. The third-order valence-electron chi connectivity index (χ3n) is 3.18. The van der Waals surface area contributed by atoms with Crippen molar-refractivity contribution in [1.29, 1.82) is 0 Å². The smallest absolute Gasteiger partial charge is 0.240 e. The van der Waals surface area contributed by atoms with Crippen molar-refractivity contribution in [3.8, 4) is 5.75 Å². The van der Waals surface area contributed by atoms with Crippen LogP contribution in [-0.4, -0.2) is 27.6 Å². The molecule has 0 aromatic heterocycles. The van der Waals surface area contributed by atoms with Crippen LogP contribution in [0, 0.1) is 0 Å². The van der Waals surface area contributed by atoms with E-state index >= 15 is 0 Å². The van der Waals surface area contributed by atoms with Gasteiger partial charge in [0.25, 0.3) is 0 Å². The van der Waals surface area contributed by atoms with Crippen molar-refractivity contribution in [3.63, 3.8) is 0 Å². The van der Waals surface area contributed by atoms with Gasteiger partial charge in [-0.1, -0.05) is 6.42 Å². The van der Waals surface area contributed by atoms with E-state index in [0.29, 0.717) is 18.9 Å². The zero-order chi connectivity index (χ0) is 13.7. The van der Waals surface area contributed by atoms with Crippen LogP contribution < -0.4 is 15.2 Å². The molecule has 1 aliphatic carbocycles. The first-order chi connectivity index (χ1) is 9.12. The molecule has 1 aromatic rings. The van der Waals surface area contributed by atoms with Crippen LogP contribution in [0.5, 0.6) is 5.75 Å². The van der Waals surface area contributed by atoms with E-state index in [1.165, 1.54) is 0 Å². The lowest BCUT2D eigenvalue weighted by atomic mass is 9.94. The molecule has 5 nitrogen and oxygen atoms in total. The fourth-order valence-corrected chi connectivity index (χ4v) is 3.11. The lowest BCUT2D eigenvalue weighted by Gasteiger charge is -2.26. The molecular weight excluding hydrogens is 264 g/mol. The van der Waals surface area contributed by atoms with Gasteiger partial charge in [-0.25, -0.2) is 13.1 Å². The van der Waals surface area contributed by atoms with E-state index in [9.17, 15) is 8.42 Å². The van der Waals surface area contributed by atoms with Crippen molar-refractivity contribution < 1.29 is 13.2 Å². The van der Waals surface area contributed by atoms with E-state index in [1.807, 2.05) is 0 Å². The zero-order valence-corrected chi connectivity index (χ0v) is 11.7. The molecule has 1 aromatic carbocycles. The lowest BCUT2D eigenvalue weighted by molar-refractivity contribution is 0.313. The van der Waals surface area contributed by atoms with E-state index in [2.05, 4.69) is 4.72 Å². The Hall–Kier alpha value is -1.11. The van der Waals surface area contributed by atoms with Gasteiger partial charge in [-0.15, -0.1) is 0 Å². The summed E-state index contributed by atoms with van der Waals surface area (Å²) < 4.78 is 32.2. The predicted octanol–water partition coefficient (Wildman–Crippen LogP) is 1.24. The number of benzene rings is 1. The van der Waals surface area contributed by atoms with Crippen molar-refractivity contribution in [2.45, 2.75) is 36.6 Å². The molecule has 0 heterocycles. The van der Waals surface area contributed by atoms with Gasteiger partial charge in [0.1, 0.15) is 5.75 Å². The Morgan fingerprint density at radius 2 is 1.95 bits per heavy atom. The van der Waals surface area contributed by atoms with Gasteiger partial charge in [-0.3, -0.25) is 0 Å². The fourth-order valence-electron chi connectivity index (χ4n) is 1.80. The average Bonchev–Trinajstić information content (AvgIpc) is 2.35. The number of sulfonamides is 1. The van der Waals surface area contributed by atoms with Gasteiger partial charge in [-0.05, 0) is 50.1 Å². The Morgan fingerprint density at radius 3 is 2.47 bits per heavy atom. The molecule has 1 saturated carbocycles. The van der Waals surface area contributed by atoms with Crippen LogP contribution in [0.2, 0.25) is 0 Å². The summed E-state index contributed by atoms with van der Waals surface area (Å²) in [7, 11) is -3.39. The molecule has 0 saturated heterocycles. The van der Waals surface area contributed by atoms with Crippen molar-refractivity contribution >= 4 is 10.0 Å². The van der Waals surface area contributed by atoms with Crippen LogP contribution in [-0.2, 0) is 10.0 Å². The topological polar surface area (TPSA) is 81.4 Å². The second-order valence-electron chi connectivity index (χ2n) is 4.71. The number of nitrogens with one attached hydrogen (secondary N) is 1. The van der Waals surface area contributed by atoms with Gasteiger partial charge in [-0.2, -0.15) is 0 Å². The van der Waals surface area contributed by atoms with Gasteiger partial charge in [0.05, 0.1) is 11.5 Å². The molecule has 2 rings (SSSR count). The number of hydrogen-bond donors (Lipinski definition) is 2. The number of nitrogens with two attached hydrogens (primary N) is 1. The molecule has 0 spiro atoms. The lowest BCUT2D eigenvalue weighted by Crippen LogP contribution is -2.39. The van der Waals surface area contributed by atoms with Crippen LogP contribution in [0.15, 0.2) is 29.2 Å². The van der Waals surface area contributed by atoms with E-state index < -0.39 is 10.0 Å². The minimum absolute atomic E-state index is 0.102. The van der Waals surface area contributed by atoms with Crippen LogP contribution in [0.4, 0.5) is 0 Å². The van der Waals surface area contributed by atoms with Crippen molar-refractivity contribution in [3.05, 3.63) is 24.3 Å². The fraction of sp³-hybridized carbons (Fsp3) is 0.538. The summed E-state index contributed by atoms with van der Waals surface area (Å²) >= 11 is 0. The Morgan fingerprint density at radius 1 is 1.26 bits per heavy atom. The van der Waals surface area contributed by atoms with Crippen LogP contribution in [0.25, 0.3) is 0 Å². The maximum Gasteiger partial charge on any atom is 0.240 e. The third kappa shape index (κ3) is 3.92. The molecule has 1 fully saturated rings. The second-order valence-corrected chi connectivity index (χ2v) is 6.43. The van der Waals surface area contributed by atoms with E-state index in [4.69, 9.17) is 10.5 Å². The highest BCUT2D eigenvalue weighted by Gasteiger charge is 2.24. The summed E-state index contributed by atoms with van der Waals surface area (Å²) in [6, 6.07) is 6.58. The summed E-state index contributed by atoms with van der Waals surface area (Å²) in [5.41, 5.74) is 5.37. The summed E-state index contributed by atoms with van der Waals surface area (Å²) in [5, 5.41) is 0. The first-order valence-corrected chi connectivity index (χ1v) is 8.05. The van der Waals surface area contributed by atoms with Gasteiger partial charge >= 0.3 is 0 Å². The Balaban J connectivity index is 1.96. The van der Waals surface area contributed by atoms with Crippen LogP contribution >= 0.6 is 0 Å². The van der Waals surface area contributed by atoms with Gasteiger partial charge in [0.2, 0.25) is 10.0 Å². The van der Waals surface area contributed by atoms with Crippen molar-refractivity contribution in [2.24, 2.45) is 5.73 Å². The first-order valence-electron chi connectivity index (χ1n) is 6.57. The van der Waals surface area contributed by atoms with E-state index in [-0.39, 0.29) is 10.9 Å². The molecule has 0 bridgehead atoms. The summed E-state index contributed by atoms with van der Waals surface area (Å²) in [6.45, 7) is 1.13. The highest BCUT2D eigenvalue weighted by molar-refractivity contribution is 7.89. The minimum Gasteiger partial charge on any atom is -0.494 e. The highest BCUT2D eigenvalue weighted by atomic mass is 32.2. The van der Waals surface area contributed by atoms with E-state index in [1.54, 1.807) is 24.3 Å². The van der Waals surface area contributed by atoms with Crippen LogP contribution in [0.3, 0.4) is 0 Å². The third-order valence-corrected chi connectivity index (χ3v) is 4.71. The molecule has 0 radical (unpaired) electrons. The molecule has 0 amide bonds. The SMILES string of the molecule is NCCCOc1ccc(S(=O)(=O)NC2CCC2)cc1. The van der Waals surface area contributed by atoms with Crippen LogP contribution in [0.1, 0.15) is 25.7 Å². The molecule has 19 heavy (non-hydrogen) atoms. The van der Waals surface area contributed by atoms with Crippen molar-refractivity contribution in [1.82, 2.24) is 4.72 Å². The standard InChI is InChI=1S/C13H20N2O3S/c14-9-2-10-18-12-5-7-13(8-6-12)19(16,17)15-11-3-1-4-11/h5-8,11,15H,1-4,9-10,14H2. The monoisotopic (exact) mass is 284 g/mol. The summed E-state index contributed by atoms with van der Waals surface area (Å²) in [6.07, 6.45) is 3.74. The molecule has 106 valence electrons. The molecule has 0 aliphatic heterocycles. The van der Waals surface area contributed by atoms with Crippen molar-refractivity contribution in [2.75, 3.05) is 13.2 Å². The normalized spacial score (nSPS) is 16.1.